The lowest BCUT2D eigenvalue weighted by Crippen LogP contribution is -2.34. The van der Waals surface area contributed by atoms with E-state index in [1.807, 2.05) is 6.08 Å². The summed E-state index contributed by atoms with van der Waals surface area (Å²) in [6.07, 6.45) is 11.3. The zero-order valence-electron chi connectivity index (χ0n) is 10.7. The maximum atomic E-state index is 6.51. The van der Waals surface area contributed by atoms with Crippen molar-refractivity contribution in [2.75, 3.05) is 0 Å². The number of hydrogen-bond acceptors (Lipinski definition) is 2. The van der Waals surface area contributed by atoms with E-state index < -0.39 is 0 Å². The second-order valence-electron chi connectivity index (χ2n) is 5.23. The molecule has 0 saturated carbocycles. The molecule has 0 aliphatic carbocycles. The lowest BCUT2D eigenvalue weighted by molar-refractivity contribution is 0.0690. The van der Waals surface area contributed by atoms with Crippen LogP contribution in [0.2, 0.25) is 0 Å². The van der Waals surface area contributed by atoms with Gasteiger partial charge in [0.1, 0.15) is 18.0 Å². The lowest BCUT2D eigenvalue weighted by Gasteiger charge is -2.25. The molecule has 4 heteroatoms. The minimum atomic E-state index is -0.106. The van der Waals surface area contributed by atoms with Crippen molar-refractivity contribution in [3.8, 4) is 12.3 Å². The summed E-state index contributed by atoms with van der Waals surface area (Å²) in [5.74, 6) is 4.06. The molecule has 0 unspecified atom stereocenters. The standard InChI is InChI=1S/C15H16BrClO2/c1-3-5-6-9(17)12-10-7-11-15(18-10)13(12)14(19-11)8(16)4-2/h1,5-6,9-13,15H,4,7H2,2H3/b6-5-,14-8-/t9-,10-,11-,12+,13-,15-/m1/s1. The molecule has 3 saturated heterocycles. The Hall–Kier alpha value is -0.430. The lowest BCUT2D eigenvalue weighted by atomic mass is 9.77. The summed E-state index contributed by atoms with van der Waals surface area (Å²) in [7, 11) is 0. The number of hydrogen-bond donors (Lipinski definition) is 0. The van der Waals surface area contributed by atoms with Gasteiger partial charge in [-0.05, 0) is 12.5 Å². The fourth-order valence-electron chi connectivity index (χ4n) is 3.50. The Labute approximate surface area is 127 Å². The molecule has 3 aliphatic heterocycles. The number of rotatable bonds is 3. The van der Waals surface area contributed by atoms with E-state index in [9.17, 15) is 0 Å². The number of allylic oxidation sites excluding steroid dienone is 3. The van der Waals surface area contributed by atoms with Crippen LogP contribution in [0.4, 0.5) is 0 Å². The van der Waals surface area contributed by atoms with Crippen LogP contribution in [-0.4, -0.2) is 23.7 Å². The fraction of sp³-hybridized carbons (Fsp3) is 0.600. The average molecular weight is 344 g/mol. The molecule has 102 valence electrons. The summed E-state index contributed by atoms with van der Waals surface area (Å²) in [5.41, 5.74) is 0. The van der Waals surface area contributed by atoms with Gasteiger partial charge in [0.2, 0.25) is 0 Å². The molecule has 3 heterocycles. The van der Waals surface area contributed by atoms with Crippen LogP contribution in [-0.2, 0) is 9.47 Å². The highest BCUT2D eigenvalue weighted by molar-refractivity contribution is 9.11. The number of alkyl halides is 1. The van der Waals surface area contributed by atoms with E-state index >= 15 is 0 Å². The largest absolute Gasteiger partial charge is 0.491 e. The molecule has 2 nitrogen and oxygen atoms in total. The Morgan fingerprint density at radius 1 is 1.63 bits per heavy atom. The molecule has 0 aromatic carbocycles. The maximum absolute atomic E-state index is 6.51. The van der Waals surface area contributed by atoms with Crippen LogP contribution >= 0.6 is 27.5 Å². The van der Waals surface area contributed by atoms with E-state index in [1.54, 1.807) is 6.08 Å². The van der Waals surface area contributed by atoms with Gasteiger partial charge in [0.15, 0.2) is 0 Å². The van der Waals surface area contributed by atoms with Gasteiger partial charge in [0.05, 0.1) is 17.4 Å². The fourth-order valence-corrected chi connectivity index (χ4v) is 4.25. The molecule has 0 amide bonds. The smallest absolute Gasteiger partial charge is 0.128 e. The van der Waals surface area contributed by atoms with Crippen molar-refractivity contribution in [1.29, 1.82) is 0 Å². The van der Waals surface area contributed by atoms with Gasteiger partial charge in [-0.3, -0.25) is 0 Å². The first-order chi connectivity index (χ1) is 9.17. The molecular formula is C15H16BrClO2. The Morgan fingerprint density at radius 3 is 3.11 bits per heavy atom. The van der Waals surface area contributed by atoms with Crippen LogP contribution in [0.1, 0.15) is 19.8 Å². The average Bonchev–Trinajstić information content (AvgIpc) is 3.02. The van der Waals surface area contributed by atoms with E-state index in [2.05, 4.69) is 28.8 Å². The molecule has 2 bridgehead atoms. The Morgan fingerprint density at radius 2 is 2.42 bits per heavy atom. The van der Waals surface area contributed by atoms with E-state index in [-0.39, 0.29) is 35.5 Å². The summed E-state index contributed by atoms with van der Waals surface area (Å²) in [5, 5.41) is -0.106. The van der Waals surface area contributed by atoms with Crippen LogP contribution in [0.15, 0.2) is 22.4 Å². The summed E-state index contributed by atoms with van der Waals surface area (Å²) in [6, 6.07) is 0. The summed E-state index contributed by atoms with van der Waals surface area (Å²) < 4.78 is 13.2. The topological polar surface area (TPSA) is 18.5 Å². The first-order valence-electron chi connectivity index (χ1n) is 6.64. The monoisotopic (exact) mass is 342 g/mol. The van der Waals surface area contributed by atoms with Gasteiger partial charge in [-0.25, -0.2) is 0 Å². The van der Waals surface area contributed by atoms with Gasteiger partial charge in [-0.2, -0.15) is 0 Å². The van der Waals surface area contributed by atoms with Crippen LogP contribution in [0.25, 0.3) is 0 Å². The molecule has 0 aromatic heterocycles. The normalized spacial score (nSPS) is 43.4. The van der Waals surface area contributed by atoms with E-state index in [4.69, 9.17) is 27.5 Å². The first kappa shape index (κ1) is 13.5. The third-order valence-corrected chi connectivity index (χ3v) is 5.65. The Kier molecular flexibility index (Phi) is 3.68. The molecule has 3 aliphatic rings. The maximum Gasteiger partial charge on any atom is 0.128 e. The third-order valence-electron chi connectivity index (χ3n) is 4.26. The minimum absolute atomic E-state index is 0.106. The van der Waals surface area contributed by atoms with Crippen LogP contribution in [0, 0.1) is 24.2 Å². The van der Waals surface area contributed by atoms with Crippen molar-refractivity contribution >= 4 is 27.5 Å². The van der Waals surface area contributed by atoms with Gasteiger partial charge in [0.25, 0.3) is 0 Å². The predicted octanol–water partition coefficient (Wildman–Crippen LogP) is 3.60. The minimum Gasteiger partial charge on any atom is -0.491 e. The van der Waals surface area contributed by atoms with Crippen molar-refractivity contribution in [1.82, 2.24) is 0 Å². The van der Waals surface area contributed by atoms with Crippen molar-refractivity contribution in [3.05, 3.63) is 22.4 Å². The molecule has 3 rings (SSSR count). The molecule has 6 atom stereocenters. The number of terminal acetylenes is 1. The van der Waals surface area contributed by atoms with E-state index in [0.717, 1.165) is 23.1 Å². The van der Waals surface area contributed by atoms with Crippen molar-refractivity contribution in [3.63, 3.8) is 0 Å². The zero-order chi connectivity index (χ0) is 13.6. The highest BCUT2D eigenvalue weighted by Crippen LogP contribution is 2.56. The second-order valence-corrected chi connectivity index (χ2v) is 6.69. The zero-order valence-corrected chi connectivity index (χ0v) is 13.0. The molecule has 0 radical (unpaired) electrons. The number of ether oxygens (including phenoxy) is 2. The first-order valence-corrected chi connectivity index (χ1v) is 7.87. The van der Waals surface area contributed by atoms with Gasteiger partial charge in [0, 0.05) is 16.8 Å². The van der Waals surface area contributed by atoms with E-state index in [1.165, 1.54) is 0 Å². The molecule has 0 N–H and O–H groups in total. The summed E-state index contributed by atoms with van der Waals surface area (Å²) >= 11 is 10.1. The van der Waals surface area contributed by atoms with Crippen molar-refractivity contribution in [2.45, 2.75) is 43.5 Å². The van der Waals surface area contributed by atoms with Gasteiger partial charge >= 0.3 is 0 Å². The molecule has 0 aromatic rings. The molecular weight excluding hydrogens is 328 g/mol. The van der Waals surface area contributed by atoms with Crippen LogP contribution < -0.4 is 0 Å². The predicted molar refractivity (Wildman–Crippen MR) is 79.0 cm³/mol. The summed E-state index contributed by atoms with van der Waals surface area (Å²) in [6.45, 7) is 2.11. The quantitative estimate of drug-likeness (QED) is 0.576. The highest BCUT2D eigenvalue weighted by Gasteiger charge is 2.63. The third kappa shape index (κ3) is 2.05. The highest BCUT2D eigenvalue weighted by atomic mass is 79.9. The van der Waals surface area contributed by atoms with Gasteiger partial charge < -0.3 is 9.47 Å². The van der Waals surface area contributed by atoms with Crippen LogP contribution in [0.5, 0.6) is 0 Å². The van der Waals surface area contributed by atoms with E-state index in [0.29, 0.717) is 0 Å². The van der Waals surface area contributed by atoms with Crippen molar-refractivity contribution < 1.29 is 9.47 Å². The van der Waals surface area contributed by atoms with Gasteiger partial charge in [-0.15, -0.1) is 18.0 Å². The van der Waals surface area contributed by atoms with Crippen LogP contribution in [0.3, 0.4) is 0 Å². The Balaban J connectivity index is 1.91. The number of halogens is 2. The molecule has 19 heavy (non-hydrogen) atoms. The SMILES string of the molecule is C#C/C=C\[C@@H](Cl)[C@@H]1[C@@H]2/C(=C(/Br)CC)O[C@@H]3C[C@H]1O[C@@H]23. The number of fused-ring (bicyclic) bond motifs is 1. The van der Waals surface area contributed by atoms with Crippen molar-refractivity contribution in [2.24, 2.45) is 11.8 Å². The molecule has 3 fully saturated rings. The molecule has 0 spiro atoms. The van der Waals surface area contributed by atoms with Gasteiger partial charge in [-0.1, -0.05) is 34.9 Å². The summed E-state index contributed by atoms with van der Waals surface area (Å²) in [4.78, 5) is 0. The Bertz CT molecular complexity index is 477. The second kappa shape index (κ2) is 5.16.